The molecule has 104 valence electrons. The molecule has 0 fully saturated rings. The maximum Gasteiger partial charge on any atom is 0.194 e. The zero-order valence-electron chi connectivity index (χ0n) is 12.0. The first-order chi connectivity index (χ1) is 10.1. The van der Waals surface area contributed by atoms with E-state index in [0.29, 0.717) is 5.02 Å². The highest BCUT2D eigenvalue weighted by Crippen LogP contribution is 2.40. The van der Waals surface area contributed by atoms with Gasteiger partial charge in [0.1, 0.15) is 0 Å². The number of fused-ring (bicyclic) bond motifs is 1. The number of allylic oxidation sites excluding steroid dienone is 4. The average molecular weight is 295 g/mol. The molecule has 1 nitrogen and oxygen atoms in total. The summed E-state index contributed by atoms with van der Waals surface area (Å²) >= 11 is 6.31. The van der Waals surface area contributed by atoms with Gasteiger partial charge in [0.15, 0.2) is 5.78 Å². The number of Topliss-reactive ketones (excluding diaryl/α,β-unsaturated/α-hetero) is 1. The van der Waals surface area contributed by atoms with Crippen LogP contribution >= 0.6 is 11.6 Å². The molecule has 0 saturated heterocycles. The van der Waals surface area contributed by atoms with E-state index in [-0.39, 0.29) is 5.78 Å². The molecule has 0 amide bonds. The van der Waals surface area contributed by atoms with Crippen LogP contribution < -0.4 is 0 Å². The molecular weight excluding hydrogens is 280 g/mol. The Morgan fingerprint density at radius 3 is 2.24 bits per heavy atom. The number of rotatable bonds is 2. The molecule has 2 aromatic rings. The van der Waals surface area contributed by atoms with Crippen LogP contribution in [0.1, 0.15) is 35.3 Å². The highest BCUT2D eigenvalue weighted by atomic mass is 35.5. The van der Waals surface area contributed by atoms with Crippen LogP contribution in [0.4, 0.5) is 0 Å². The minimum Gasteiger partial charge on any atom is -0.289 e. The minimum absolute atomic E-state index is 0.0797. The van der Waals surface area contributed by atoms with Crippen LogP contribution in [0.15, 0.2) is 60.2 Å². The van der Waals surface area contributed by atoms with Gasteiger partial charge in [-0.15, -0.1) is 0 Å². The van der Waals surface area contributed by atoms with E-state index in [9.17, 15) is 4.79 Å². The van der Waals surface area contributed by atoms with Crippen molar-refractivity contribution in [2.24, 2.45) is 0 Å². The highest BCUT2D eigenvalue weighted by molar-refractivity contribution is 6.35. The molecule has 2 aromatic carbocycles. The molecule has 0 aromatic heterocycles. The maximum absolute atomic E-state index is 12.8. The van der Waals surface area contributed by atoms with Crippen LogP contribution in [0.3, 0.4) is 0 Å². The minimum atomic E-state index is 0.0797. The summed E-state index contributed by atoms with van der Waals surface area (Å²) in [6.07, 6.45) is 1.96. The molecule has 0 bridgehead atoms. The SMILES string of the molecule is C/C=C(\C1=C(C)c2ccccc2C1=O)c1ccccc1Cl. The van der Waals surface area contributed by atoms with Gasteiger partial charge in [0.2, 0.25) is 0 Å². The number of hydrogen-bond donors (Lipinski definition) is 0. The number of ketones is 1. The number of halogens is 1. The lowest BCUT2D eigenvalue weighted by Gasteiger charge is -2.11. The lowest BCUT2D eigenvalue weighted by atomic mass is 9.93. The second-order valence-corrected chi connectivity index (χ2v) is 5.46. The maximum atomic E-state index is 12.8. The van der Waals surface area contributed by atoms with E-state index >= 15 is 0 Å². The molecule has 0 saturated carbocycles. The molecule has 0 heterocycles. The van der Waals surface area contributed by atoms with Gasteiger partial charge in [0.05, 0.1) is 0 Å². The summed E-state index contributed by atoms with van der Waals surface area (Å²) in [6.45, 7) is 3.94. The highest BCUT2D eigenvalue weighted by Gasteiger charge is 2.29. The van der Waals surface area contributed by atoms with Gasteiger partial charge in [-0.05, 0) is 36.6 Å². The summed E-state index contributed by atoms with van der Waals surface area (Å²) in [7, 11) is 0. The molecule has 21 heavy (non-hydrogen) atoms. The third kappa shape index (κ3) is 2.14. The van der Waals surface area contributed by atoms with Gasteiger partial charge < -0.3 is 0 Å². The Bertz CT molecular complexity index is 797. The normalized spacial score (nSPS) is 14.6. The molecule has 3 rings (SSSR count). The van der Waals surface area contributed by atoms with Crippen LogP contribution in [-0.4, -0.2) is 5.78 Å². The largest absolute Gasteiger partial charge is 0.289 e. The molecule has 0 spiro atoms. The zero-order chi connectivity index (χ0) is 15.0. The van der Waals surface area contributed by atoms with E-state index in [0.717, 1.165) is 33.4 Å². The zero-order valence-corrected chi connectivity index (χ0v) is 12.7. The molecule has 0 atom stereocenters. The lowest BCUT2D eigenvalue weighted by Crippen LogP contribution is -2.02. The van der Waals surface area contributed by atoms with Crippen molar-refractivity contribution in [3.63, 3.8) is 0 Å². The van der Waals surface area contributed by atoms with Crippen LogP contribution in [0.5, 0.6) is 0 Å². The Kier molecular flexibility index (Phi) is 3.52. The van der Waals surface area contributed by atoms with Gasteiger partial charge in [-0.3, -0.25) is 4.79 Å². The molecule has 2 heteroatoms. The molecule has 0 N–H and O–H groups in total. The second-order valence-electron chi connectivity index (χ2n) is 5.06. The Hall–Kier alpha value is -2.12. The van der Waals surface area contributed by atoms with Gasteiger partial charge >= 0.3 is 0 Å². The summed E-state index contributed by atoms with van der Waals surface area (Å²) in [5.74, 6) is 0.0797. The lowest BCUT2D eigenvalue weighted by molar-refractivity contribution is 0.104. The third-order valence-electron chi connectivity index (χ3n) is 3.90. The van der Waals surface area contributed by atoms with Crippen LogP contribution in [-0.2, 0) is 0 Å². The van der Waals surface area contributed by atoms with Crippen molar-refractivity contribution < 1.29 is 4.79 Å². The van der Waals surface area contributed by atoms with E-state index in [2.05, 4.69) is 0 Å². The van der Waals surface area contributed by atoms with Crippen molar-refractivity contribution in [2.45, 2.75) is 13.8 Å². The van der Waals surface area contributed by atoms with Gasteiger partial charge in [-0.2, -0.15) is 0 Å². The number of carbonyl (C=O) groups is 1. The fraction of sp³-hybridized carbons (Fsp3) is 0.105. The Balaban J connectivity index is 2.19. The number of benzene rings is 2. The Labute approximate surface area is 129 Å². The topological polar surface area (TPSA) is 17.1 Å². The summed E-state index contributed by atoms with van der Waals surface area (Å²) in [5, 5.41) is 0.662. The van der Waals surface area contributed by atoms with E-state index in [1.807, 2.05) is 68.5 Å². The van der Waals surface area contributed by atoms with Crippen LogP contribution in [0, 0.1) is 0 Å². The first-order valence-corrected chi connectivity index (χ1v) is 7.29. The first-order valence-electron chi connectivity index (χ1n) is 6.91. The second kappa shape index (κ2) is 5.34. The summed E-state index contributed by atoms with van der Waals surface area (Å²) in [5.41, 5.74) is 5.37. The standard InChI is InChI=1S/C19H15ClO/c1-3-13(15-9-6-7-11-17(15)20)18-12(2)14-8-4-5-10-16(14)19(18)21/h3-11H,1-2H3/b13-3-. The van der Waals surface area contributed by atoms with Crippen molar-refractivity contribution in [1.82, 2.24) is 0 Å². The number of hydrogen-bond acceptors (Lipinski definition) is 1. The fourth-order valence-corrected chi connectivity index (χ4v) is 3.12. The molecule has 0 radical (unpaired) electrons. The predicted molar refractivity (Wildman–Crippen MR) is 88.5 cm³/mol. The third-order valence-corrected chi connectivity index (χ3v) is 4.23. The monoisotopic (exact) mass is 294 g/mol. The number of carbonyl (C=O) groups excluding carboxylic acids is 1. The van der Waals surface area contributed by atoms with Crippen molar-refractivity contribution >= 4 is 28.5 Å². The molecule has 1 aliphatic carbocycles. The quantitative estimate of drug-likeness (QED) is 0.723. The average Bonchev–Trinajstić information content (AvgIpc) is 2.76. The van der Waals surface area contributed by atoms with E-state index in [1.54, 1.807) is 0 Å². The molecule has 0 unspecified atom stereocenters. The fourth-order valence-electron chi connectivity index (χ4n) is 2.89. The van der Waals surface area contributed by atoms with E-state index < -0.39 is 0 Å². The van der Waals surface area contributed by atoms with Crippen molar-refractivity contribution in [3.05, 3.63) is 81.9 Å². The van der Waals surface area contributed by atoms with Gasteiger partial charge in [-0.25, -0.2) is 0 Å². The molecule has 1 aliphatic rings. The summed E-state index contributed by atoms with van der Waals surface area (Å²) < 4.78 is 0. The smallest absolute Gasteiger partial charge is 0.194 e. The van der Waals surface area contributed by atoms with Crippen molar-refractivity contribution in [3.8, 4) is 0 Å². The Morgan fingerprint density at radius 2 is 1.62 bits per heavy atom. The van der Waals surface area contributed by atoms with Gasteiger partial charge in [0, 0.05) is 21.7 Å². The molecular formula is C19H15ClO. The van der Waals surface area contributed by atoms with Crippen molar-refractivity contribution in [1.29, 1.82) is 0 Å². The van der Waals surface area contributed by atoms with Crippen molar-refractivity contribution in [2.75, 3.05) is 0 Å². The Morgan fingerprint density at radius 1 is 1.00 bits per heavy atom. The van der Waals surface area contributed by atoms with Gasteiger partial charge in [-0.1, -0.05) is 60.1 Å². The predicted octanol–water partition coefficient (Wildman–Crippen LogP) is 5.41. The van der Waals surface area contributed by atoms with E-state index in [4.69, 9.17) is 11.6 Å². The molecule has 0 aliphatic heterocycles. The first kappa shape index (κ1) is 13.8. The van der Waals surface area contributed by atoms with Crippen LogP contribution in [0.25, 0.3) is 11.1 Å². The van der Waals surface area contributed by atoms with E-state index in [1.165, 1.54) is 0 Å². The summed E-state index contributed by atoms with van der Waals surface area (Å²) in [6, 6.07) is 15.4. The summed E-state index contributed by atoms with van der Waals surface area (Å²) in [4.78, 5) is 12.8. The van der Waals surface area contributed by atoms with Gasteiger partial charge in [0.25, 0.3) is 0 Å². The van der Waals surface area contributed by atoms with Crippen LogP contribution in [0.2, 0.25) is 5.02 Å².